The Balaban J connectivity index is 1.70. The third kappa shape index (κ3) is 4.89. The first-order valence-corrected chi connectivity index (χ1v) is 13.2. The van der Waals surface area contributed by atoms with E-state index in [4.69, 9.17) is 11.6 Å². The number of carboxylic acid groups (broad SMARTS) is 1. The standard InChI is InChI=1S/C23H28ClN5O4S/c1-3-5-19(23(30)31)21-15(2)26-20-11-12-25-29(20)22(21)28-13-4-6-17(14-28)27-34(32,33)18-9-7-16(24)8-10-18/h7-12,17,19,27H,3-6,13-14H2,1-2H3,(H,30,31)/t17-,19?/m1/s1. The second-order valence-corrected chi connectivity index (χ2v) is 10.7. The maximum atomic E-state index is 13.0. The number of nitrogens with zero attached hydrogens (tertiary/aromatic N) is 4. The monoisotopic (exact) mass is 505 g/mol. The van der Waals surface area contributed by atoms with Gasteiger partial charge in [0.15, 0.2) is 5.65 Å². The van der Waals surface area contributed by atoms with E-state index in [-0.39, 0.29) is 10.9 Å². The number of piperidine rings is 1. The topological polar surface area (TPSA) is 117 Å². The molecule has 0 bridgehead atoms. The number of halogens is 1. The summed E-state index contributed by atoms with van der Waals surface area (Å²) in [7, 11) is -3.73. The zero-order valence-electron chi connectivity index (χ0n) is 19.1. The molecule has 0 amide bonds. The molecule has 1 aliphatic rings. The van der Waals surface area contributed by atoms with Crippen molar-refractivity contribution >= 4 is 39.1 Å². The molecule has 1 saturated heterocycles. The molecule has 2 N–H and O–H groups in total. The van der Waals surface area contributed by atoms with Gasteiger partial charge in [0.05, 0.1) is 17.0 Å². The van der Waals surface area contributed by atoms with E-state index >= 15 is 0 Å². The van der Waals surface area contributed by atoms with Crippen LogP contribution in [-0.2, 0) is 14.8 Å². The molecule has 9 nitrogen and oxygen atoms in total. The normalized spacial score (nSPS) is 17.7. The van der Waals surface area contributed by atoms with Crippen LogP contribution in [-0.4, -0.2) is 53.2 Å². The van der Waals surface area contributed by atoms with Crippen LogP contribution in [0.4, 0.5) is 5.82 Å². The minimum Gasteiger partial charge on any atom is -0.481 e. The molecule has 0 radical (unpaired) electrons. The molecule has 3 aromatic rings. The van der Waals surface area contributed by atoms with Gasteiger partial charge in [0, 0.05) is 41.5 Å². The maximum absolute atomic E-state index is 13.0. The Kier molecular flexibility index (Phi) is 7.11. The second kappa shape index (κ2) is 9.89. The molecule has 34 heavy (non-hydrogen) atoms. The average Bonchev–Trinajstić information content (AvgIpc) is 3.24. The maximum Gasteiger partial charge on any atom is 0.311 e. The Morgan fingerprint density at radius 1 is 1.29 bits per heavy atom. The van der Waals surface area contributed by atoms with Crippen molar-refractivity contribution in [3.63, 3.8) is 0 Å². The summed E-state index contributed by atoms with van der Waals surface area (Å²) in [6.07, 6.45) is 4.22. The quantitative estimate of drug-likeness (QED) is 0.480. The lowest BCUT2D eigenvalue weighted by Crippen LogP contribution is -2.48. The van der Waals surface area contributed by atoms with Crippen molar-refractivity contribution < 1.29 is 18.3 Å². The van der Waals surface area contributed by atoms with Gasteiger partial charge in [-0.1, -0.05) is 24.9 Å². The first-order valence-electron chi connectivity index (χ1n) is 11.3. The van der Waals surface area contributed by atoms with Crippen molar-refractivity contribution in [2.24, 2.45) is 0 Å². The van der Waals surface area contributed by atoms with Crippen molar-refractivity contribution in [3.8, 4) is 0 Å². The number of carboxylic acids is 1. The number of aliphatic carboxylic acids is 1. The van der Waals surface area contributed by atoms with Gasteiger partial charge in [-0.2, -0.15) is 9.61 Å². The Labute approximate surface area is 203 Å². The van der Waals surface area contributed by atoms with E-state index in [1.54, 1.807) is 28.9 Å². The van der Waals surface area contributed by atoms with Crippen LogP contribution in [0.5, 0.6) is 0 Å². The third-order valence-corrected chi connectivity index (χ3v) is 7.92. The fraction of sp³-hybridized carbons (Fsp3) is 0.435. The molecule has 1 unspecified atom stereocenters. The Morgan fingerprint density at radius 3 is 2.71 bits per heavy atom. The number of carbonyl (C=O) groups is 1. The van der Waals surface area contributed by atoms with Crippen molar-refractivity contribution in [2.75, 3.05) is 18.0 Å². The molecule has 0 saturated carbocycles. The molecule has 1 fully saturated rings. The minimum atomic E-state index is -3.73. The molecule has 2 atom stereocenters. The van der Waals surface area contributed by atoms with Crippen LogP contribution in [0.1, 0.15) is 49.8 Å². The van der Waals surface area contributed by atoms with E-state index in [0.717, 1.165) is 6.42 Å². The minimum absolute atomic E-state index is 0.151. The average molecular weight is 506 g/mol. The summed E-state index contributed by atoms with van der Waals surface area (Å²) in [6.45, 7) is 4.81. The van der Waals surface area contributed by atoms with Crippen LogP contribution in [0.15, 0.2) is 41.4 Å². The van der Waals surface area contributed by atoms with Gasteiger partial charge in [0.2, 0.25) is 10.0 Å². The van der Waals surface area contributed by atoms with Gasteiger partial charge in [0.1, 0.15) is 5.82 Å². The smallest absolute Gasteiger partial charge is 0.311 e. The van der Waals surface area contributed by atoms with Crippen molar-refractivity contribution in [1.82, 2.24) is 19.3 Å². The molecule has 182 valence electrons. The molecule has 4 rings (SSSR count). The molecule has 0 aliphatic carbocycles. The summed E-state index contributed by atoms with van der Waals surface area (Å²) in [5, 5.41) is 14.9. The van der Waals surface area contributed by atoms with Gasteiger partial charge < -0.3 is 10.0 Å². The Bertz CT molecular complexity index is 1290. The first-order chi connectivity index (χ1) is 16.2. The molecule has 1 aliphatic heterocycles. The fourth-order valence-electron chi connectivity index (χ4n) is 4.61. The predicted molar refractivity (Wildman–Crippen MR) is 130 cm³/mol. The number of aryl methyl sites for hydroxylation is 1. The number of sulfonamides is 1. The summed E-state index contributed by atoms with van der Waals surface area (Å²) in [6, 6.07) is 7.47. The molecular formula is C23H28ClN5O4S. The first kappa shape index (κ1) is 24.4. The van der Waals surface area contributed by atoms with Crippen molar-refractivity contribution in [2.45, 2.75) is 56.4 Å². The lowest BCUT2D eigenvalue weighted by Gasteiger charge is -2.36. The summed E-state index contributed by atoms with van der Waals surface area (Å²) < 4.78 is 30.4. The molecule has 1 aromatic carbocycles. The van der Waals surface area contributed by atoms with E-state index in [2.05, 4.69) is 14.8 Å². The van der Waals surface area contributed by atoms with Gasteiger partial charge in [-0.05, 0) is 50.5 Å². The van der Waals surface area contributed by atoms with E-state index < -0.39 is 21.9 Å². The highest BCUT2D eigenvalue weighted by atomic mass is 35.5. The number of anilines is 1. The Hall–Kier alpha value is -2.69. The molecule has 0 spiro atoms. The van der Waals surface area contributed by atoms with Gasteiger partial charge in [-0.3, -0.25) is 4.79 Å². The number of benzene rings is 1. The number of hydrogen-bond donors (Lipinski definition) is 2. The summed E-state index contributed by atoms with van der Waals surface area (Å²) in [4.78, 5) is 19.0. The molecule has 3 heterocycles. The zero-order valence-corrected chi connectivity index (χ0v) is 20.7. The fourth-order valence-corrected chi connectivity index (χ4v) is 6.00. The molecule has 11 heteroatoms. The van der Waals surface area contributed by atoms with Crippen molar-refractivity contribution in [1.29, 1.82) is 0 Å². The van der Waals surface area contributed by atoms with Gasteiger partial charge >= 0.3 is 5.97 Å². The van der Waals surface area contributed by atoms with Crippen LogP contribution in [0.2, 0.25) is 5.02 Å². The van der Waals surface area contributed by atoms with Crippen molar-refractivity contribution in [3.05, 3.63) is 52.8 Å². The van der Waals surface area contributed by atoms with Crippen LogP contribution < -0.4 is 9.62 Å². The number of rotatable bonds is 8. The second-order valence-electron chi connectivity index (χ2n) is 8.58. The SMILES string of the molecule is CCCC(C(=O)O)c1c(C)nc2ccnn2c1N1CCC[C@@H](NS(=O)(=O)c2ccc(Cl)cc2)C1. The number of aromatic nitrogens is 3. The summed E-state index contributed by atoms with van der Waals surface area (Å²) in [5.74, 6) is -0.965. The highest BCUT2D eigenvalue weighted by molar-refractivity contribution is 7.89. The highest BCUT2D eigenvalue weighted by Crippen LogP contribution is 2.35. The van der Waals surface area contributed by atoms with Crippen LogP contribution in [0.3, 0.4) is 0 Å². The van der Waals surface area contributed by atoms with E-state index in [1.165, 1.54) is 12.1 Å². The van der Waals surface area contributed by atoms with E-state index in [1.807, 2.05) is 18.7 Å². The third-order valence-electron chi connectivity index (χ3n) is 6.13. The molecule has 2 aromatic heterocycles. The van der Waals surface area contributed by atoms with E-state index in [9.17, 15) is 18.3 Å². The summed E-state index contributed by atoms with van der Waals surface area (Å²) >= 11 is 5.90. The number of fused-ring (bicyclic) bond motifs is 1. The predicted octanol–water partition coefficient (Wildman–Crippen LogP) is 3.61. The highest BCUT2D eigenvalue weighted by Gasteiger charge is 2.33. The lowest BCUT2D eigenvalue weighted by atomic mass is 9.92. The van der Waals surface area contributed by atoms with Crippen LogP contribution in [0, 0.1) is 6.92 Å². The summed E-state index contributed by atoms with van der Waals surface area (Å²) in [5.41, 5.74) is 1.90. The van der Waals surface area contributed by atoms with Gasteiger partial charge in [-0.15, -0.1) is 0 Å². The van der Waals surface area contributed by atoms with Gasteiger partial charge in [-0.25, -0.2) is 18.1 Å². The van der Waals surface area contributed by atoms with Crippen LogP contribution in [0.25, 0.3) is 5.65 Å². The molecular weight excluding hydrogens is 478 g/mol. The number of nitrogens with one attached hydrogen (secondary N) is 1. The zero-order chi connectivity index (χ0) is 24.5. The van der Waals surface area contributed by atoms with E-state index in [0.29, 0.717) is 60.1 Å². The van der Waals surface area contributed by atoms with Crippen LogP contribution >= 0.6 is 11.6 Å². The lowest BCUT2D eigenvalue weighted by molar-refractivity contribution is -0.139. The largest absolute Gasteiger partial charge is 0.481 e. The van der Waals surface area contributed by atoms with Gasteiger partial charge in [0.25, 0.3) is 0 Å². The number of hydrogen-bond acceptors (Lipinski definition) is 6. The Morgan fingerprint density at radius 2 is 2.03 bits per heavy atom.